The zero-order valence-corrected chi connectivity index (χ0v) is 13.1. The van der Waals surface area contributed by atoms with E-state index in [2.05, 4.69) is 47.1 Å². The Morgan fingerprint density at radius 3 is 2.32 bits per heavy atom. The van der Waals surface area contributed by atoms with Crippen molar-refractivity contribution in [2.24, 2.45) is 0 Å². The number of hydrogen-bond acceptors (Lipinski definition) is 2. The number of rotatable bonds is 5. The molecule has 2 aromatic carbocycles. The molecule has 0 saturated carbocycles. The Morgan fingerprint density at radius 2 is 1.68 bits per heavy atom. The van der Waals surface area contributed by atoms with Crippen LogP contribution in [0, 0.1) is 6.92 Å². The van der Waals surface area contributed by atoms with Crippen LogP contribution < -0.4 is 0 Å². The molecule has 98 valence electrons. The Balaban J connectivity index is 1.84. The average molecular weight is 335 g/mol. The van der Waals surface area contributed by atoms with Crippen molar-refractivity contribution in [3.05, 3.63) is 64.1 Å². The van der Waals surface area contributed by atoms with Crippen molar-refractivity contribution < 1.29 is 4.79 Å². The molecule has 0 unspecified atom stereocenters. The molecule has 2 aromatic rings. The van der Waals surface area contributed by atoms with Gasteiger partial charge in [-0.15, -0.1) is 11.8 Å². The second kappa shape index (κ2) is 6.92. The molecule has 19 heavy (non-hydrogen) atoms. The lowest BCUT2D eigenvalue weighted by atomic mass is 10.1. The van der Waals surface area contributed by atoms with E-state index in [-0.39, 0.29) is 5.78 Å². The summed E-state index contributed by atoms with van der Waals surface area (Å²) in [6.45, 7) is 2.07. The van der Waals surface area contributed by atoms with Crippen LogP contribution >= 0.6 is 27.7 Å². The Morgan fingerprint density at radius 1 is 1.05 bits per heavy atom. The van der Waals surface area contributed by atoms with E-state index in [1.54, 1.807) is 11.8 Å². The molecule has 2 rings (SSSR count). The van der Waals surface area contributed by atoms with E-state index in [9.17, 15) is 4.79 Å². The first-order valence-electron chi connectivity index (χ1n) is 6.13. The van der Waals surface area contributed by atoms with E-state index in [1.165, 1.54) is 10.5 Å². The third-order valence-corrected chi connectivity index (χ3v) is 4.33. The zero-order chi connectivity index (χ0) is 13.7. The third-order valence-electron chi connectivity index (χ3n) is 2.79. The minimum absolute atomic E-state index is 0.201. The quantitative estimate of drug-likeness (QED) is 0.557. The number of carbonyl (C=O) groups excluding carboxylic acids is 1. The summed E-state index contributed by atoms with van der Waals surface area (Å²) >= 11 is 5.09. The second-order valence-electron chi connectivity index (χ2n) is 4.34. The van der Waals surface area contributed by atoms with Gasteiger partial charge in [-0.05, 0) is 31.2 Å². The van der Waals surface area contributed by atoms with Gasteiger partial charge in [0.05, 0.1) is 0 Å². The molecule has 0 aliphatic rings. The summed E-state index contributed by atoms with van der Waals surface area (Å²) in [5.41, 5.74) is 2.04. The first kappa shape index (κ1) is 14.4. The van der Waals surface area contributed by atoms with Gasteiger partial charge in [-0.2, -0.15) is 0 Å². The molecular weight excluding hydrogens is 320 g/mol. The summed E-state index contributed by atoms with van der Waals surface area (Å²) in [6, 6.07) is 15.9. The highest BCUT2D eigenvalue weighted by Crippen LogP contribution is 2.20. The van der Waals surface area contributed by atoms with Crippen molar-refractivity contribution >= 4 is 33.5 Å². The molecule has 0 heterocycles. The first-order chi connectivity index (χ1) is 9.15. The molecule has 0 fully saturated rings. The van der Waals surface area contributed by atoms with Gasteiger partial charge in [0.1, 0.15) is 0 Å². The predicted molar refractivity (Wildman–Crippen MR) is 85.0 cm³/mol. The number of benzene rings is 2. The Bertz CT molecular complexity index is 546. The minimum Gasteiger partial charge on any atom is -0.294 e. The molecular formula is C16H15BrOS. The summed E-state index contributed by atoms with van der Waals surface area (Å²) in [7, 11) is 0. The van der Waals surface area contributed by atoms with Gasteiger partial charge in [-0.3, -0.25) is 4.79 Å². The number of carbonyl (C=O) groups is 1. The number of Topliss-reactive ketones (excluding diaryl/α,β-unsaturated/α-hetero) is 1. The normalized spacial score (nSPS) is 10.4. The lowest BCUT2D eigenvalue weighted by Gasteiger charge is -2.03. The van der Waals surface area contributed by atoms with Crippen molar-refractivity contribution in [1.82, 2.24) is 0 Å². The van der Waals surface area contributed by atoms with Gasteiger partial charge in [0.15, 0.2) is 5.78 Å². The van der Waals surface area contributed by atoms with Crippen LogP contribution in [0.1, 0.15) is 22.3 Å². The second-order valence-corrected chi connectivity index (χ2v) is 6.43. The molecule has 0 aliphatic heterocycles. The van der Waals surface area contributed by atoms with Crippen molar-refractivity contribution in [3.8, 4) is 0 Å². The molecule has 0 aliphatic carbocycles. The topological polar surface area (TPSA) is 17.1 Å². The summed E-state index contributed by atoms with van der Waals surface area (Å²) in [4.78, 5) is 13.2. The maximum absolute atomic E-state index is 12.0. The minimum atomic E-state index is 0.201. The number of aryl methyl sites for hydroxylation is 1. The molecule has 0 saturated heterocycles. The van der Waals surface area contributed by atoms with Crippen LogP contribution in [0.25, 0.3) is 0 Å². The first-order valence-corrected chi connectivity index (χ1v) is 7.91. The smallest absolute Gasteiger partial charge is 0.163 e. The Labute approximate surface area is 126 Å². The van der Waals surface area contributed by atoms with Gasteiger partial charge in [-0.25, -0.2) is 0 Å². The van der Waals surface area contributed by atoms with Crippen molar-refractivity contribution in [2.75, 3.05) is 5.75 Å². The third kappa shape index (κ3) is 4.51. The van der Waals surface area contributed by atoms with E-state index in [0.29, 0.717) is 6.42 Å². The number of thioether (sulfide) groups is 1. The van der Waals surface area contributed by atoms with E-state index in [0.717, 1.165) is 15.8 Å². The fourth-order valence-electron chi connectivity index (χ4n) is 1.68. The van der Waals surface area contributed by atoms with Crippen LogP contribution in [0.4, 0.5) is 0 Å². The highest BCUT2D eigenvalue weighted by atomic mass is 79.9. The van der Waals surface area contributed by atoms with Gasteiger partial charge in [0, 0.05) is 27.1 Å². The maximum Gasteiger partial charge on any atom is 0.163 e. The lowest BCUT2D eigenvalue weighted by Crippen LogP contribution is -2.00. The van der Waals surface area contributed by atoms with Crippen LogP contribution in [0.5, 0.6) is 0 Å². The summed E-state index contributed by atoms with van der Waals surface area (Å²) in [5, 5.41) is 0. The standard InChI is InChI=1S/C16H15BrOS/c1-12-2-8-15(9-3-12)19-11-10-16(18)13-4-6-14(17)7-5-13/h2-9H,10-11H2,1H3. The van der Waals surface area contributed by atoms with E-state index in [4.69, 9.17) is 0 Å². The van der Waals surface area contributed by atoms with Crippen molar-refractivity contribution in [2.45, 2.75) is 18.2 Å². The van der Waals surface area contributed by atoms with Crippen molar-refractivity contribution in [1.29, 1.82) is 0 Å². The highest BCUT2D eigenvalue weighted by molar-refractivity contribution is 9.10. The molecule has 0 bridgehead atoms. The molecule has 0 amide bonds. The van der Waals surface area contributed by atoms with Gasteiger partial charge in [0.25, 0.3) is 0 Å². The molecule has 0 atom stereocenters. The van der Waals surface area contributed by atoms with Crippen LogP contribution in [0.3, 0.4) is 0 Å². The Kier molecular flexibility index (Phi) is 5.23. The monoisotopic (exact) mass is 334 g/mol. The SMILES string of the molecule is Cc1ccc(SCCC(=O)c2ccc(Br)cc2)cc1. The van der Waals surface area contributed by atoms with E-state index >= 15 is 0 Å². The van der Waals surface area contributed by atoms with Crippen LogP contribution in [-0.2, 0) is 0 Å². The summed E-state index contributed by atoms with van der Waals surface area (Å²) in [6.07, 6.45) is 0.570. The lowest BCUT2D eigenvalue weighted by molar-refractivity contribution is 0.0989. The average Bonchev–Trinajstić information content (AvgIpc) is 2.41. The molecule has 0 N–H and O–H groups in total. The fourth-order valence-corrected chi connectivity index (χ4v) is 2.79. The highest BCUT2D eigenvalue weighted by Gasteiger charge is 2.05. The van der Waals surface area contributed by atoms with E-state index < -0.39 is 0 Å². The van der Waals surface area contributed by atoms with Gasteiger partial charge < -0.3 is 0 Å². The molecule has 0 aromatic heterocycles. The fraction of sp³-hybridized carbons (Fsp3) is 0.188. The molecule has 1 nitrogen and oxygen atoms in total. The van der Waals surface area contributed by atoms with Crippen molar-refractivity contribution in [3.63, 3.8) is 0 Å². The largest absolute Gasteiger partial charge is 0.294 e. The predicted octanol–water partition coefficient (Wildman–Crippen LogP) is 5.12. The Hall–Kier alpha value is -1.06. The molecule has 0 spiro atoms. The summed E-state index contributed by atoms with van der Waals surface area (Å²) in [5.74, 6) is 1.02. The zero-order valence-electron chi connectivity index (χ0n) is 10.7. The summed E-state index contributed by atoms with van der Waals surface area (Å²) < 4.78 is 0.998. The van der Waals surface area contributed by atoms with Crippen LogP contribution in [0.15, 0.2) is 57.9 Å². The van der Waals surface area contributed by atoms with Gasteiger partial charge in [0.2, 0.25) is 0 Å². The maximum atomic E-state index is 12.0. The van der Waals surface area contributed by atoms with Gasteiger partial charge in [-0.1, -0.05) is 45.8 Å². The number of ketones is 1. The molecule has 3 heteroatoms. The van der Waals surface area contributed by atoms with Crippen LogP contribution in [-0.4, -0.2) is 11.5 Å². The molecule has 0 radical (unpaired) electrons. The number of halogens is 1. The number of hydrogen-bond donors (Lipinski definition) is 0. The van der Waals surface area contributed by atoms with Crippen LogP contribution in [0.2, 0.25) is 0 Å². The van der Waals surface area contributed by atoms with Gasteiger partial charge >= 0.3 is 0 Å². The van der Waals surface area contributed by atoms with E-state index in [1.807, 2.05) is 24.3 Å².